The monoisotopic (exact) mass is 249 g/mol. The Balaban J connectivity index is 3.55. The van der Waals surface area contributed by atoms with E-state index in [1.165, 1.54) is 0 Å². The molecule has 6 nitrogen and oxygen atoms in total. The van der Waals surface area contributed by atoms with Gasteiger partial charge in [0.25, 0.3) is 10.1 Å². The summed E-state index contributed by atoms with van der Waals surface area (Å²) in [7, 11) is -4.47. The van der Waals surface area contributed by atoms with Gasteiger partial charge in [0, 0.05) is 4.90 Å². The van der Waals surface area contributed by atoms with Crippen LogP contribution < -0.4 is 5.73 Å². The second-order valence-corrected chi connectivity index (χ2v) is 4.49. The number of thiol groups is 1. The van der Waals surface area contributed by atoms with Gasteiger partial charge >= 0.3 is 5.97 Å². The van der Waals surface area contributed by atoms with Crippen LogP contribution in [0.5, 0.6) is 0 Å². The van der Waals surface area contributed by atoms with Crippen molar-refractivity contribution < 1.29 is 22.9 Å². The summed E-state index contributed by atoms with van der Waals surface area (Å²) in [4.78, 5) is 9.86. The molecule has 4 N–H and O–H groups in total. The van der Waals surface area contributed by atoms with Gasteiger partial charge in [0.05, 0.1) is 11.3 Å². The van der Waals surface area contributed by atoms with Crippen LogP contribution in [0.15, 0.2) is 21.9 Å². The molecule has 1 aromatic rings. The molecule has 0 spiro atoms. The lowest BCUT2D eigenvalue weighted by Gasteiger charge is -2.07. The van der Waals surface area contributed by atoms with E-state index in [2.05, 4.69) is 12.6 Å². The first-order valence-electron chi connectivity index (χ1n) is 3.57. The van der Waals surface area contributed by atoms with Crippen LogP contribution in [0.25, 0.3) is 0 Å². The first kappa shape index (κ1) is 11.8. The van der Waals surface area contributed by atoms with E-state index in [1.807, 2.05) is 0 Å². The van der Waals surface area contributed by atoms with Crippen molar-refractivity contribution in [1.82, 2.24) is 0 Å². The van der Waals surface area contributed by atoms with E-state index in [4.69, 9.17) is 15.4 Å². The highest BCUT2D eigenvalue weighted by Crippen LogP contribution is 2.28. The van der Waals surface area contributed by atoms with Gasteiger partial charge in [0.15, 0.2) is 0 Å². The Kier molecular flexibility index (Phi) is 2.93. The molecule has 0 radical (unpaired) electrons. The zero-order chi connectivity index (χ0) is 11.8. The summed E-state index contributed by atoms with van der Waals surface area (Å²) in [6.07, 6.45) is 0. The van der Waals surface area contributed by atoms with Crippen molar-refractivity contribution in [2.45, 2.75) is 9.79 Å². The van der Waals surface area contributed by atoms with E-state index >= 15 is 0 Å². The smallest absolute Gasteiger partial charge is 0.336 e. The Morgan fingerprint density at radius 1 is 1.40 bits per heavy atom. The molecule has 0 bridgehead atoms. The third-order valence-electron chi connectivity index (χ3n) is 1.69. The highest BCUT2D eigenvalue weighted by atomic mass is 32.2. The van der Waals surface area contributed by atoms with E-state index in [-0.39, 0.29) is 16.1 Å². The predicted octanol–water partition coefficient (Wildman–Crippen LogP) is 0.502. The lowest BCUT2D eigenvalue weighted by Crippen LogP contribution is -2.07. The van der Waals surface area contributed by atoms with Gasteiger partial charge in [0.1, 0.15) is 4.90 Å². The minimum atomic E-state index is -4.47. The average molecular weight is 249 g/mol. The van der Waals surface area contributed by atoms with E-state index in [0.717, 1.165) is 12.1 Å². The molecule has 0 amide bonds. The SMILES string of the molecule is Nc1c(S(=O)(=O)O)ccc(C(=O)O)c1S. The lowest BCUT2D eigenvalue weighted by molar-refractivity contribution is 0.0693. The number of hydrogen-bond donors (Lipinski definition) is 4. The van der Waals surface area contributed by atoms with Gasteiger partial charge in [-0.25, -0.2) is 4.79 Å². The van der Waals surface area contributed by atoms with E-state index in [9.17, 15) is 13.2 Å². The lowest BCUT2D eigenvalue weighted by atomic mass is 10.2. The summed E-state index contributed by atoms with van der Waals surface area (Å²) >= 11 is 3.77. The number of anilines is 1. The van der Waals surface area contributed by atoms with E-state index in [1.54, 1.807) is 0 Å². The van der Waals surface area contributed by atoms with Gasteiger partial charge in [-0.15, -0.1) is 12.6 Å². The standard InChI is InChI=1S/C7H7NO5S2/c8-5-4(15(11,12)13)2-1-3(6(5)14)7(9)10/h1-2,14H,8H2,(H,9,10)(H,11,12,13). The largest absolute Gasteiger partial charge is 0.478 e. The van der Waals surface area contributed by atoms with Gasteiger partial charge < -0.3 is 10.8 Å². The molecule has 8 heteroatoms. The van der Waals surface area contributed by atoms with Gasteiger partial charge in [-0.05, 0) is 12.1 Å². The summed E-state index contributed by atoms with van der Waals surface area (Å²) in [5.74, 6) is -1.28. The predicted molar refractivity (Wildman–Crippen MR) is 54.9 cm³/mol. The normalized spacial score (nSPS) is 11.3. The molecule has 15 heavy (non-hydrogen) atoms. The number of nitrogens with two attached hydrogens (primary N) is 1. The van der Waals surface area contributed by atoms with Crippen LogP contribution in [0.2, 0.25) is 0 Å². The Morgan fingerprint density at radius 2 is 1.93 bits per heavy atom. The molecule has 0 saturated carbocycles. The third-order valence-corrected chi connectivity index (χ3v) is 3.08. The highest BCUT2D eigenvalue weighted by molar-refractivity contribution is 7.86. The molecule has 0 saturated heterocycles. The first-order chi connectivity index (χ1) is 6.75. The first-order valence-corrected chi connectivity index (χ1v) is 5.46. The quantitative estimate of drug-likeness (QED) is 0.344. The van der Waals surface area contributed by atoms with Crippen molar-refractivity contribution in [1.29, 1.82) is 0 Å². The fourth-order valence-corrected chi connectivity index (χ4v) is 1.97. The van der Waals surface area contributed by atoms with Crippen LogP contribution >= 0.6 is 12.6 Å². The number of nitrogen functional groups attached to an aromatic ring is 1. The number of aromatic carboxylic acids is 1. The van der Waals surface area contributed by atoms with Crippen molar-refractivity contribution in [2.24, 2.45) is 0 Å². The van der Waals surface area contributed by atoms with Crippen LogP contribution in [0.4, 0.5) is 5.69 Å². The van der Waals surface area contributed by atoms with Crippen molar-refractivity contribution in [3.05, 3.63) is 17.7 Å². The minimum absolute atomic E-state index is 0.197. The topological polar surface area (TPSA) is 118 Å². The number of rotatable bonds is 2. The zero-order valence-electron chi connectivity index (χ0n) is 7.21. The Bertz CT molecular complexity index is 522. The molecule has 0 fully saturated rings. The maximum atomic E-state index is 10.8. The molecule has 1 rings (SSSR count). The number of carboxylic acid groups (broad SMARTS) is 1. The summed E-state index contributed by atoms with van der Waals surface area (Å²) in [6, 6.07) is 1.91. The zero-order valence-corrected chi connectivity index (χ0v) is 8.92. The summed E-state index contributed by atoms with van der Waals surface area (Å²) in [5.41, 5.74) is 4.71. The molecule has 0 aliphatic heterocycles. The van der Waals surface area contributed by atoms with E-state index < -0.39 is 21.0 Å². The van der Waals surface area contributed by atoms with Crippen LogP contribution in [0, 0.1) is 0 Å². The molecule has 0 unspecified atom stereocenters. The maximum absolute atomic E-state index is 10.8. The van der Waals surface area contributed by atoms with Gasteiger partial charge in [-0.1, -0.05) is 0 Å². The molecule has 1 aromatic carbocycles. The fraction of sp³-hybridized carbons (Fsp3) is 0. The second-order valence-electron chi connectivity index (χ2n) is 2.65. The van der Waals surface area contributed by atoms with Crippen LogP contribution in [0.1, 0.15) is 10.4 Å². The molecule has 0 aliphatic carbocycles. The van der Waals surface area contributed by atoms with Gasteiger partial charge in [-0.2, -0.15) is 8.42 Å². The Labute approximate surface area is 90.9 Å². The van der Waals surface area contributed by atoms with Gasteiger partial charge in [0.2, 0.25) is 0 Å². The highest BCUT2D eigenvalue weighted by Gasteiger charge is 2.19. The molecule has 0 atom stereocenters. The second kappa shape index (κ2) is 3.72. The average Bonchev–Trinajstić information content (AvgIpc) is 2.06. The molecule has 82 valence electrons. The molecule has 0 aliphatic rings. The van der Waals surface area contributed by atoms with E-state index in [0.29, 0.717) is 0 Å². The summed E-state index contributed by atoms with van der Waals surface area (Å²) in [5, 5.41) is 8.67. The van der Waals surface area contributed by atoms with Crippen molar-refractivity contribution in [3.63, 3.8) is 0 Å². The van der Waals surface area contributed by atoms with Crippen molar-refractivity contribution in [2.75, 3.05) is 5.73 Å². The minimum Gasteiger partial charge on any atom is -0.478 e. The number of carboxylic acids is 1. The van der Waals surface area contributed by atoms with Crippen LogP contribution in [0.3, 0.4) is 0 Å². The maximum Gasteiger partial charge on any atom is 0.336 e. The van der Waals surface area contributed by atoms with Gasteiger partial charge in [-0.3, -0.25) is 4.55 Å². The Hall–Kier alpha value is -1.25. The number of carbonyl (C=O) groups is 1. The van der Waals surface area contributed by atoms with Crippen molar-refractivity contribution >= 4 is 34.4 Å². The van der Waals surface area contributed by atoms with Crippen LogP contribution in [-0.4, -0.2) is 24.0 Å². The fourth-order valence-electron chi connectivity index (χ4n) is 0.987. The molecule has 0 heterocycles. The molecule has 0 aromatic heterocycles. The number of benzene rings is 1. The summed E-state index contributed by atoms with van der Waals surface area (Å²) < 4.78 is 30.3. The van der Waals surface area contributed by atoms with Crippen molar-refractivity contribution in [3.8, 4) is 0 Å². The third kappa shape index (κ3) is 2.22. The summed E-state index contributed by atoms with van der Waals surface area (Å²) in [6.45, 7) is 0. The van der Waals surface area contributed by atoms with Crippen LogP contribution in [-0.2, 0) is 10.1 Å². The molecular weight excluding hydrogens is 242 g/mol. The molecular formula is C7H7NO5S2. The number of hydrogen-bond acceptors (Lipinski definition) is 5. The Morgan fingerprint density at radius 3 is 2.33 bits per heavy atom.